The summed E-state index contributed by atoms with van der Waals surface area (Å²) in [7, 11) is 1.87. The largest absolute Gasteiger partial charge is 0.384 e. The van der Waals surface area contributed by atoms with Crippen LogP contribution in [0.5, 0.6) is 0 Å². The molecule has 4 nitrogen and oxygen atoms in total. The molecule has 0 aliphatic rings. The molecule has 6 heteroatoms. The molecule has 0 bridgehead atoms. The van der Waals surface area contributed by atoms with Crippen molar-refractivity contribution in [3.63, 3.8) is 0 Å². The Morgan fingerprint density at radius 2 is 2.38 bits per heavy atom. The van der Waals surface area contributed by atoms with Gasteiger partial charge in [0.25, 0.3) is 0 Å². The molecule has 84 valence electrons. The van der Waals surface area contributed by atoms with Gasteiger partial charge >= 0.3 is 0 Å². The van der Waals surface area contributed by atoms with E-state index in [2.05, 4.69) is 5.10 Å². The van der Waals surface area contributed by atoms with Crippen LogP contribution in [-0.2, 0) is 7.05 Å². The zero-order chi connectivity index (χ0) is 11.7. The van der Waals surface area contributed by atoms with Crippen LogP contribution in [0.3, 0.4) is 0 Å². The number of nitrogens with two attached hydrogens (primary N) is 1. The topological polar surface area (TPSA) is 67.7 Å². The normalized spacial score (nSPS) is 10.6. The Hall–Kier alpha value is -1.27. The van der Waals surface area contributed by atoms with Crippen LogP contribution in [0.2, 0.25) is 0 Å². The first-order chi connectivity index (χ1) is 7.59. The van der Waals surface area contributed by atoms with E-state index in [1.807, 2.05) is 31.5 Å². The second-order valence-electron chi connectivity index (χ2n) is 3.34. The molecular formula is C10H12N4S2. The van der Waals surface area contributed by atoms with Crippen LogP contribution in [0, 0.1) is 12.3 Å². The summed E-state index contributed by atoms with van der Waals surface area (Å²) >= 11 is 3.26. The first kappa shape index (κ1) is 11.2. The molecule has 3 N–H and O–H groups in total. The van der Waals surface area contributed by atoms with Crippen LogP contribution in [0.1, 0.15) is 11.3 Å². The van der Waals surface area contributed by atoms with Gasteiger partial charge in [0.1, 0.15) is 10.9 Å². The molecule has 2 heterocycles. The standard InChI is InChI=1S/C10H12N4S2/c1-6-8(9(11)12)10(14(2)13-6)16-7-4-3-5-15-7/h3-5H,1-2H3,(H3,11,12). The van der Waals surface area contributed by atoms with Gasteiger partial charge in [-0.2, -0.15) is 5.10 Å². The van der Waals surface area contributed by atoms with Gasteiger partial charge in [-0.3, -0.25) is 10.1 Å². The second-order valence-corrected chi connectivity index (χ2v) is 5.57. The maximum atomic E-state index is 7.57. The third kappa shape index (κ3) is 1.98. The van der Waals surface area contributed by atoms with E-state index in [4.69, 9.17) is 11.1 Å². The lowest BCUT2D eigenvalue weighted by atomic mass is 10.2. The molecule has 0 atom stereocenters. The van der Waals surface area contributed by atoms with Crippen molar-refractivity contribution in [1.82, 2.24) is 9.78 Å². The molecule has 0 aliphatic carbocycles. The number of nitrogens with one attached hydrogen (secondary N) is 1. The van der Waals surface area contributed by atoms with E-state index in [1.54, 1.807) is 27.8 Å². The Kier molecular flexibility index (Phi) is 3.02. The molecule has 0 fully saturated rings. The molecule has 0 amide bonds. The van der Waals surface area contributed by atoms with E-state index >= 15 is 0 Å². The van der Waals surface area contributed by atoms with Crippen molar-refractivity contribution in [1.29, 1.82) is 5.41 Å². The minimum absolute atomic E-state index is 0.0738. The fraction of sp³-hybridized carbons (Fsp3) is 0.200. The van der Waals surface area contributed by atoms with Crippen molar-refractivity contribution in [3.8, 4) is 0 Å². The smallest absolute Gasteiger partial charge is 0.127 e. The Morgan fingerprint density at radius 3 is 2.94 bits per heavy atom. The highest BCUT2D eigenvalue weighted by atomic mass is 32.2. The van der Waals surface area contributed by atoms with Crippen molar-refractivity contribution in [2.75, 3.05) is 0 Å². The molecule has 0 aliphatic heterocycles. The fourth-order valence-electron chi connectivity index (χ4n) is 1.48. The van der Waals surface area contributed by atoms with E-state index in [0.717, 1.165) is 16.3 Å². The third-order valence-electron chi connectivity index (χ3n) is 2.13. The molecule has 0 radical (unpaired) electrons. The number of aryl methyl sites for hydroxylation is 2. The number of aromatic nitrogens is 2. The van der Waals surface area contributed by atoms with Gasteiger partial charge < -0.3 is 5.73 Å². The first-order valence-electron chi connectivity index (χ1n) is 4.69. The van der Waals surface area contributed by atoms with E-state index < -0.39 is 0 Å². The van der Waals surface area contributed by atoms with Crippen LogP contribution in [-0.4, -0.2) is 15.6 Å². The molecular weight excluding hydrogens is 240 g/mol. The summed E-state index contributed by atoms with van der Waals surface area (Å²) in [5.41, 5.74) is 7.11. The summed E-state index contributed by atoms with van der Waals surface area (Å²) in [4.78, 5) is 0. The van der Waals surface area contributed by atoms with Gasteiger partial charge in [0, 0.05) is 7.05 Å². The Labute approximate surface area is 102 Å². The van der Waals surface area contributed by atoms with Crippen LogP contribution in [0.4, 0.5) is 0 Å². The van der Waals surface area contributed by atoms with Gasteiger partial charge in [-0.15, -0.1) is 11.3 Å². The van der Waals surface area contributed by atoms with Crippen LogP contribution in [0.25, 0.3) is 0 Å². The lowest BCUT2D eigenvalue weighted by Gasteiger charge is -2.02. The zero-order valence-electron chi connectivity index (χ0n) is 9.02. The number of hydrogen-bond donors (Lipinski definition) is 2. The zero-order valence-corrected chi connectivity index (χ0v) is 10.7. The molecule has 2 aromatic heterocycles. The lowest BCUT2D eigenvalue weighted by Crippen LogP contribution is -2.12. The van der Waals surface area contributed by atoms with Crippen molar-refractivity contribution in [2.45, 2.75) is 16.2 Å². The van der Waals surface area contributed by atoms with E-state index in [-0.39, 0.29) is 5.84 Å². The summed E-state index contributed by atoms with van der Waals surface area (Å²) in [5, 5.41) is 14.8. The third-order valence-corrected chi connectivity index (χ3v) is 4.33. The molecule has 0 aromatic carbocycles. The van der Waals surface area contributed by atoms with E-state index in [0.29, 0.717) is 0 Å². The van der Waals surface area contributed by atoms with Gasteiger partial charge in [0.15, 0.2) is 0 Å². The number of hydrogen-bond acceptors (Lipinski definition) is 4. The van der Waals surface area contributed by atoms with Crippen LogP contribution < -0.4 is 5.73 Å². The first-order valence-corrected chi connectivity index (χ1v) is 6.38. The second kappa shape index (κ2) is 4.31. The molecule has 16 heavy (non-hydrogen) atoms. The van der Waals surface area contributed by atoms with Crippen LogP contribution >= 0.6 is 23.1 Å². The van der Waals surface area contributed by atoms with Gasteiger partial charge in [0.2, 0.25) is 0 Å². The monoisotopic (exact) mass is 252 g/mol. The molecule has 0 unspecified atom stereocenters. The van der Waals surface area contributed by atoms with Gasteiger partial charge in [0.05, 0.1) is 15.5 Å². The molecule has 0 saturated heterocycles. The highest BCUT2D eigenvalue weighted by Crippen LogP contribution is 2.34. The number of rotatable bonds is 3. The highest BCUT2D eigenvalue weighted by Gasteiger charge is 2.16. The van der Waals surface area contributed by atoms with E-state index in [9.17, 15) is 0 Å². The predicted octanol–water partition coefficient (Wildman–Crippen LogP) is 2.23. The van der Waals surface area contributed by atoms with Crippen LogP contribution in [0.15, 0.2) is 26.7 Å². The predicted molar refractivity (Wildman–Crippen MR) is 67.4 cm³/mol. The number of nitrogen functional groups attached to an aromatic ring is 1. The molecule has 2 aromatic rings. The van der Waals surface area contributed by atoms with Gasteiger partial charge in [-0.05, 0) is 18.4 Å². The van der Waals surface area contributed by atoms with E-state index in [1.165, 1.54) is 4.21 Å². The van der Waals surface area contributed by atoms with Crippen molar-refractivity contribution in [2.24, 2.45) is 12.8 Å². The van der Waals surface area contributed by atoms with Crippen molar-refractivity contribution >= 4 is 28.9 Å². The van der Waals surface area contributed by atoms with Crippen molar-refractivity contribution in [3.05, 3.63) is 28.8 Å². The Balaban J connectivity index is 2.43. The lowest BCUT2D eigenvalue weighted by molar-refractivity contribution is 0.692. The number of thiophene rings is 1. The molecule has 0 spiro atoms. The van der Waals surface area contributed by atoms with Crippen molar-refractivity contribution < 1.29 is 0 Å². The summed E-state index contributed by atoms with van der Waals surface area (Å²) in [6, 6.07) is 4.05. The Bertz CT molecular complexity index is 513. The quantitative estimate of drug-likeness (QED) is 0.650. The number of amidine groups is 1. The summed E-state index contributed by atoms with van der Waals surface area (Å²) in [6.45, 7) is 1.87. The SMILES string of the molecule is Cc1nn(C)c(Sc2cccs2)c1C(=N)N. The van der Waals surface area contributed by atoms with Gasteiger partial charge in [-0.25, -0.2) is 0 Å². The molecule has 0 saturated carbocycles. The maximum Gasteiger partial charge on any atom is 0.127 e. The molecule has 2 rings (SSSR count). The maximum absolute atomic E-state index is 7.57. The Morgan fingerprint density at radius 1 is 1.62 bits per heavy atom. The minimum atomic E-state index is 0.0738. The summed E-state index contributed by atoms with van der Waals surface area (Å²) in [6.07, 6.45) is 0. The van der Waals surface area contributed by atoms with Gasteiger partial charge in [-0.1, -0.05) is 17.8 Å². The average molecular weight is 252 g/mol. The summed E-state index contributed by atoms with van der Waals surface area (Å²) in [5.74, 6) is 0.0738. The summed E-state index contributed by atoms with van der Waals surface area (Å²) < 4.78 is 2.95. The minimum Gasteiger partial charge on any atom is -0.384 e. The fourth-order valence-corrected chi connectivity index (χ4v) is 3.40. The number of nitrogens with zero attached hydrogens (tertiary/aromatic N) is 2. The average Bonchev–Trinajstić information content (AvgIpc) is 2.76. The highest BCUT2D eigenvalue weighted by molar-refractivity contribution is 8.01.